The second-order valence-corrected chi connectivity index (χ2v) is 19.5. The smallest absolute Gasteiger partial charge is 0.175 e. The molecule has 4 aromatic carbocycles. The maximum Gasteiger partial charge on any atom is 0.175 e. The van der Waals surface area contributed by atoms with Crippen LogP contribution in [0.1, 0.15) is 77.4 Å². The number of piperidine rings is 2. The van der Waals surface area contributed by atoms with Crippen LogP contribution in [0.4, 0.5) is 0 Å². The molecule has 11 nitrogen and oxygen atoms in total. The molecule has 2 saturated heterocycles. The first-order valence-electron chi connectivity index (χ1n) is 22.1. The van der Waals surface area contributed by atoms with Gasteiger partial charge in [-0.3, -0.25) is 0 Å². The van der Waals surface area contributed by atoms with Crippen LogP contribution < -0.4 is 0 Å². The largest absolute Gasteiger partial charge is 0.392 e. The molecule has 2 unspecified atom stereocenters. The van der Waals surface area contributed by atoms with Gasteiger partial charge in [-0.2, -0.15) is 0 Å². The van der Waals surface area contributed by atoms with Gasteiger partial charge in [-0.25, -0.2) is 18.4 Å². The Balaban J connectivity index is 0.000000158. The number of hydrogen-bond donors (Lipinski definition) is 1. The second-order valence-electron chi connectivity index (χ2n) is 17.4. The van der Waals surface area contributed by atoms with Crippen LogP contribution >= 0.6 is 0 Å². The fourth-order valence-electron chi connectivity index (χ4n) is 9.26. The van der Waals surface area contributed by atoms with Crippen LogP contribution in [-0.4, -0.2) is 101 Å². The highest BCUT2D eigenvalue weighted by Gasteiger charge is 2.32. The second kappa shape index (κ2) is 18.4. The van der Waals surface area contributed by atoms with Gasteiger partial charge in [0.15, 0.2) is 9.84 Å². The number of fused-ring (bicyclic) bond motifs is 4. The lowest BCUT2D eigenvalue weighted by atomic mass is 10.00. The Morgan fingerprint density at radius 2 is 1.02 bits per heavy atom. The van der Waals surface area contributed by atoms with Crippen LogP contribution in [0.25, 0.3) is 22.5 Å². The van der Waals surface area contributed by atoms with Gasteiger partial charge in [-0.1, -0.05) is 84.9 Å². The molecule has 4 aliphatic heterocycles. The molecule has 0 radical (unpaired) electrons. The summed E-state index contributed by atoms with van der Waals surface area (Å²) in [7, 11) is 1.12. The summed E-state index contributed by atoms with van der Waals surface area (Å²) in [6.07, 6.45) is 11.7. The number of benzene rings is 4. The van der Waals surface area contributed by atoms with Crippen molar-refractivity contribution >= 4 is 9.84 Å². The molecular formula is C50H58N6O5S. The van der Waals surface area contributed by atoms with Gasteiger partial charge in [-0.05, 0) is 92.6 Å². The number of sulfone groups is 1. The summed E-state index contributed by atoms with van der Waals surface area (Å²) in [5.41, 5.74) is 9.82. The molecule has 6 aromatic rings. The predicted molar refractivity (Wildman–Crippen MR) is 242 cm³/mol. The molecule has 324 valence electrons. The van der Waals surface area contributed by atoms with E-state index in [2.05, 4.69) is 94.0 Å². The van der Waals surface area contributed by atoms with E-state index in [4.69, 9.17) is 19.4 Å². The number of ether oxygens (including phenoxy) is 2. The normalized spacial score (nSPS) is 19.9. The standard InChI is InChI=1S/C25H29N3O3S.C25H29N3O2/c1-27-14-12-20(13-15-27)31-24-22-6-4-3-5-18(22)11-16-28-17-23(26-25(24)28)19-7-9-21(10-8-19)32(2,29)30;1-27-13-11-21(12-14-27)30-24-22-5-3-2-4-19(22)10-15-28-16-23(26-25(24)28)20-8-6-18(17-29)7-9-20/h3-10,17,20,24H,11-16H2,1-2H3;2-9,16,21,24,29H,10-15,17H2,1H3. The summed E-state index contributed by atoms with van der Waals surface area (Å²) in [5, 5.41) is 9.32. The molecule has 0 saturated carbocycles. The van der Waals surface area contributed by atoms with Crippen LogP contribution in [0.15, 0.2) is 114 Å². The van der Waals surface area contributed by atoms with E-state index in [9.17, 15) is 13.5 Å². The van der Waals surface area contributed by atoms with Gasteiger partial charge in [0, 0.05) is 69.0 Å². The van der Waals surface area contributed by atoms with Gasteiger partial charge in [0.1, 0.15) is 23.9 Å². The van der Waals surface area contributed by atoms with Crippen molar-refractivity contribution in [3.05, 3.63) is 149 Å². The first-order chi connectivity index (χ1) is 30.1. The number of aliphatic hydroxyl groups is 1. The van der Waals surface area contributed by atoms with E-state index in [1.165, 1.54) is 28.5 Å². The summed E-state index contributed by atoms with van der Waals surface area (Å²) >= 11 is 0. The molecule has 4 aliphatic rings. The summed E-state index contributed by atoms with van der Waals surface area (Å²) in [6.45, 7) is 6.06. The van der Waals surface area contributed by atoms with Crippen molar-refractivity contribution in [3.8, 4) is 22.5 Å². The Hall–Kier alpha value is -4.95. The zero-order valence-electron chi connectivity index (χ0n) is 36.1. The molecule has 12 heteroatoms. The van der Waals surface area contributed by atoms with E-state index in [1.807, 2.05) is 36.4 Å². The van der Waals surface area contributed by atoms with E-state index in [0.717, 1.165) is 118 Å². The number of aryl methyl sites for hydroxylation is 4. The van der Waals surface area contributed by atoms with Crippen molar-refractivity contribution in [2.24, 2.45) is 0 Å². The van der Waals surface area contributed by atoms with Crippen LogP contribution in [0.5, 0.6) is 0 Å². The Bertz CT molecular complexity index is 2570. The molecule has 2 aromatic heterocycles. The third-order valence-corrected chi connectivity index (χ3v) is 14.1. The minimum absolute atomic E-state index is 0.0588. The summed E-state index contributed by atoms with van der Waals surface area (Å²) in [5.74, 6) is 1.93. The quantitative estimate of drug-likeness (QED) is 0.166. The lowest BCUT2D eigenvalue weighted by molar-refractivity contribution is -0.0276. The zero-order valence-corrected chi connectivity index (χ0v) is 36.9. The molecule has 0 bridgehead atoms. The average Bonchev–Trinajstić information content (AvgIpc) is 3.85. The molecule has 2 fully saturated rings. The van der Waals surface area contributed by atoms with Gasteiger partial charge in [-0.15, -0.1) is 0 Å². The highest BCUT2D eigenvalue weighted by atomic mass is 32.2. The van der Waals surface area contributed by atoms with Crippen molar-refractivity contribution in [2.45, 2.75) is 87.5 Å². The lowest BCUT2D eigenvalue weighted by Gasteiger charge is -2.32. The highest BCUT2D eigenvalue weighted by molar-refractivity contribution is 7.90. The Morgan fingerprint density at radius 3 is 1.44 bits per heavy atom. The minimum Gasteiger partial charge on any atom is -0.392 e. The van der Waals surface area contributed by atoms with E-state index < -0.39 is 9.84 Å². The van der Waals surface area contributed by atoms with Crippen LogP contribution in [-0.2, 0) is 51.8 Å². The Labute approximate surface area is 365 Å². The predicted octanol–water partition coefficient (Wildman–Crippen LogP) is 7.51. The number of rotatable bonds is 8. The fraction of sp³-hybridized carbons (Fsp3) is 0.400. The molecule has 1 N–H and O–H groups in total. The van der Waals surface area contributed by atoms with Gasteiger partial charge in [0.2, 0.25) is 0 Å². The maximum absolute atomic E-state index is 11.8. The Morgan fingerprint density at radius 1 is 0.597 bits per heavy atom. The summed E-state index contributed by atoms with van der Waals surface area (Å²) in [4.78, 5) is 15.1. The Kier molecular flexibility index (Phi) is 12.6. The average molecular weight is 855 g/mol. The third kappa shape index (κ3) is 9.36. The lowest BCUT2D eigenvalue weighted by Crippen LogP contribution is -2.35. The van der Waals surface area contributed by atoms with E-state index in [-0.39, 0.29) is 31.0 Å². The molecule has 0 spiro atoms. The van der Waals surface area contributed by atoms with Crippen LogP contribution in [0.3, 0.4) is 0 Å². The minimum atomic E-state index is -3.22. The monoisotopic (exact) mass is 854 g/mol. The number of hydrogen-bond acceptors (Lipinski definition) is 9. The zero-order chi connectivity index (χ0) is 42.8. The molecule has 62 heavy (non-hydrogen) atoms. The number of aliphatic hydroxyl groups excluding tert-OH is 1. The van der Waals surface area contributed by atoms with E-state index >= 15 is 0 Å². The van der Waals surface area contributed by atoms with Gasteiger partial charge < -0.3 is 33.5 Å². The van der Waals surface area contributed by atoms with E-state index in [0.29, 0.717) is 4.90 Å². The number of likely N-dealkylation sites (tertiary alicyclic amines) is 2. The maximum atomic E-state index is 11.8. The summed E-state index contributed by atoms with van der Waals surface area (Å²) < 4.78 is 41.6. The number of nitrogens with zero attached hydrogens (tertiary/aromatic N) is 6. The third-order valence-electron chi connectivity index (χ3n) is 13.0. The highest BCUT2D eigenvalue weighted by Crippen LogP contribution is 2.38. The van der Waals surface area contributed by atoms with E-state index in [1.54, 1.807) is 12.1 Å². The van der Waals surface area contributed by atoms with Gasteiger partial charge in [0.05, 0.1) is 35.1 Å². The fourth-order valence-corrected chi connectivity index (χ4v) is 9.89. The van der Waals surface area contributed by atoms with Crippen LogP contribution in [0.2, 0.25) is 0 Å². The SMILES string of the molecule is CN1CCC(OC2c3ccccc3CCn3cc(-c4ccc(CO)cc4)nc32)CC1.CN1CCC(OC2c3ccccc3CCn3cc(-c4ccc(S(C)(=O)=O)cc4)nc32)CC1. The molecule has 0 aliphatic carbocycles. The van der Waals surface area contributed by atoms with Gasteiger partial charge >= 0.3 is 0 Å². The molecule has 2 atom stereocenters. The van der Waals surface area contributed by atoms with Crippen molar-refractivity contribution in [1.82, 2.24) is 28.9 Å². The topological polar surface area (TPSA) is 115 Å². The van der Waals surface area contributed by atoms with Crippen molar-refractivity contribution in [1.29, 1.82) is 0 Å². The first kappa shape index (κ1) is 42.4. The molecular weight excluding hydrogens is 797 g/mol. The van der Waals surface area contributed by atoms with Crippen molar-refractivity contribution in [3.63, 3.8) is 0 Å². The number of aromatic nitrogens is 4. The first-order valence-corrected chi connectivity index (χ1v) is 24.0. The molecule has 0 amide bonds. The van der Waals surface area contributed by atoms with Crippen LogP contribution in [0, 0.1) is 0 Å². The van der Waals surface area contributed by atoms with Gasteiger partial charge in [0.25, 0.3) is 0 Å². The molecule has 6 heterocycles. The summed E-state index contributed by atoms with van der Waals surface area (Å²) in [6, 6.07) is 32.1. The molecule has 10 rings (SSSR count). The number of imidazole rings is 2. The van der Waals surface area contributed by atoms with Crippen molar-refractivity contribution in [2.75, 3.05) is 46.5 Å². The van der Waals surface area contributed by atoms with Crippen molar-refractivity contribution < 1.29 is 23.0 Å².